The van der Waals surface area contributed by atoms with Crippen molar-refractivity contribution in [1.82, 2.24) is 9.97 Å². The Kier molecular flexibility index (Phi) is 3.69. The molecule has 3 N–H and O–H groups in total. The van der Waals surface area contributed by atoms with Crippen LogP contribution in [0.15, 0.2) is 10.8 Å². The summed E-state index contributed by atoms with van der Waals surface area (Å²) in [4.78, 5) is 7.16. The van der Waals surface area contributed by atoms with E-state index in [1.807, 2.05) is 0 Å². The Hall–Kier alpha value is -1.09. The Labute approximate surface area is 90.9 Å². The number of nitrogens with one attached hydrogen (secondary N) is 1. The lowest BCUT2D eigenvalue weighted by molar-refractivity contribution is -0.154. The molecule has 0 aliphatic carbocycles. The van der Waals surface area contributed by atoms with Crippen molar-refractivity contribution in [3.05, 3.63) is 10.8 Å². The lowest BCUT2D eigenvalue weighted by Gasteiger charge is -2.10. The normalized spacial score (nSPS) is 11.3. The number of hydrogen-bond acceptors (Lipinski definition) is 5. The zero-order chi connectivity index (χ0) is 11.5. The molecular weight excluding hydrogens is 281 g/mol. The third-order valence-corrected chi connectivity index (χ3v) is 1.98. The molecule has 84 valence electrons. The minimum absolute atomic E-state index is 0.136. The molecule has 0 saturated heterocycles. The van der Waals surface area contributed by atoms with Gasteiger partial charge >= 0.3 is 6.18 Å². The minimum Gasteiger partial charge on any atom is -0.467 e. The van der Waals surface area contributed by atoms with Gasteiger partial charge in [-0.1, -0.05) is 0 Å². The van der Waals surface area contributed by atoms with Gasteiger partial charge in [0.1, 0.15) is 10.8 Å². The number of alkyl halides is 3. The summed E-state index contributed by atoms with van der Waals surface area (Å²) in [6.07, 6.45) is -3.38. The topological polar surface area (TPSA) is 73.1 Å². The predicted octanol–water partition coefficient (Wildman–Crippen LogP) is 1.47. The zero-order valence-corrected chi connectivity index (χ0v) is 8.76. The van der Waals surface area contributed by atoms with Crippen molar-refractivity contribution in [2.75, 3.05) is 12.0 Å². The van der Waals surface area contributed by atoms with Crippen LogP contribution in [0, 0.1) is 0 Å². The number of rotatable bonds is 3. The van der Waals surface area contributed by atoms with Crippen LogP contribution in [-0.4, -0.2) is 22.8 Å². The maximum absolute atomic E-state index is 11.8. The van der Waals surface area contributed by atoms with Crippen molar-refractivity contribution in [3.63, 3.8) is 0 Å². The van der Waals surface area contributed by atoms with Gasteiger partial charge in [-0.05, 0) is 15.9 Å². The van der Waals surface area contributed by atoms with Gasteiger partial charge < -0.3 is 10.2 Å². The Balaban J connectivity index is 2.78. The van der Waals surface area contributed by atoms with Gasteiger partial charge in [-0.25, -0.2) is 15.8 Å². The molecule has 0 radical (unpaired) electrons. The first kappa shape index (κ1) is 12.0. The largest absolute Gasteiger partial charge is 0.467 e. The van der Waals surface area contributed by atoms with E-state index in [2.05, 4.69) is 36.1 Å². The number of nitrogens with two attached hydrogens (primary N) is 1. The van der Waals surface area contributed by atoms with Crippen LogP contribution in [0.3, 0.4) is 0 Å². The Bertz CT molecular complexity index is 346. The number of nitrogens with zero attached hydrogens (tertiary/aromatic N) is 2. The van der Waals surface area contributed by atoms with Crippen molar-refractivity contribution in [2.45, 2.75) is 6.18 Å². The van der Waals surface area contributed by atoms with E-state index in [0.29, 0.717) is 0 Å². The van der Waals surface area contributed by atoms with E-state index in [0.717, 1.165) is 6.33 Å². The van der Waals surface area contributed by atoms with Crippen LogP contribution in [0.1, 0.15) is 0 Å². The maximum atomic E-state index is 11.8. The van der Waals surface area contributed by atoms with E-state index in [4.69, 9.17) is 5.84 Å². The Morgan fingerprint density at radius 1 is 1.47 bits per heavy atom. The molecule has 0 bridgehead atoms. The van der Waals surface area contributed by atoms with E-state index in [1.54, 1.807) is 0 Å². The van der Waals surface area contributed by atoms with Crippen molar-refractivity contribution < 1.29 is 17.9 Å². The number of anilines is 1. The van der Waals surface area contributed by atoms with Crippen LogP contribution in [0.2, 0.25) is 0 Å². The van der Waals surface area contributed by atoms with E-state index in [1.165, 1.54) is 0 Å². The number of hydrazine groups is 1. The predicted molar refractivity (Wildman–Crippen MR) is 49.1 cm³/mol. The molecule has 0 atom stereocenters. The van der Waals surface area contributed by atoms with Gasteiger partial charge in [0.2, 0.25) is 5.88 Å². The van der Waals surface area contributed by atoms with E-state index < -0.39 is 12.8 Å². The average molecular weight is 287 g/mol. The summed E-state index contributed by atoms with van der Waals surface area (Å²) < 4.78 is 40.1. The average Bonchev–Trinajstić information content (AvgIpc) is 2.15. The number of aromatic nitrogens is 2. The van der Waals surface area contributed by atoms with Gasteiger partial charge in [0, 0.05) is 0 Å². The summed E-state index contributed by atoms with van der Waals surface area (Å²) in [7, 11) is 0. The van der Waals surface area contributed by atoms with Crippen molar-refractivity contribution in [3.8, 4) is 5.88 Å². The third-order valence-electron chi connectivity index (χ3n) is 1.27. The summed E-state index contributed by atoms with van der Waals surface area (Å²) in [6, 6.07) is 0. The van der Waals surface area contributed by atoms with Gasteiger partial charge in [-0.3, -0.25) is 0 Å². The minimum atomic E-state index is -4.42. The molecule has 15 heavy (non-hydrogen) atoms. The summed E-state index contributed by atoms with van der Waals surface area (Å²) >= 11 is 2.95. The molecule has 5 nitrogen and oxygen atoms in total. The fourth-order valence-corrected chi connectivity index (χ4v) is 1.14. The molecule has 0 aliphatic rings. The zero-order valence-electron chi connectivity index (χ0n) is 7.18. The number of halogens is 4. The summed E-state index contributed by atoms with van der Waals surface area (Å²) in [5, 5.41) is 0. The monoisotopic (exact) mass is 286 g/mol. The molecule has 0 aliphatic heterocycles. The summed E-state index contributed by atoms with van der Waals surface area (Å²) in [5.41, 5.74) is 2.17. The standard InChI is InChI=1S/C6H6BrF3N4O/c7-3-4(14-11)12-2-13-5(3)15-1-6(8,9)10/h2H,1,11H2,(H,12,13,14). The van der Waals surface area contributed by atoms with Crippen molar-refractivity contribution >= 4 is 21.7 Å². The second-order valence-electron chi connectivity index (χ2n) is 2.39. The lowest BCUT2D eigenvalue weighted by Crippen LogP contribution is -2.20. The molecule has 0 fully saturated rings. The summed E-state index contributed by atoms with van der Waals surface area (Å²) in [6.45, 7) is -1.42. The van der Waals surface area contributed by atoms with Crippen LogP contribution in [0.5, 0.6) is 5.88 Å². The second kappa shape index (κ2) is 4.62. The summed E-state index contributed by atoms with van der Waals surface area (Å²) in [5.74, 6) is 4.97. The molecular formula is C6H6BrF3N4O. The molecule has 1 heterocycles. The van der Waals surface area contributed by atoms with E-state index in [-0.39, 0.29) is 16.2 Å². The van der Waals surface area contributed by atoms with Gasteiger partial charge in [0.15, 0.2) is 12.4 Å². The van der Waals surface area contributed by atoms with Crippen LogP contribution >= 0.6 is 15.9 Å². The SMILES string of the molecule is NNc1ncnc(OCC(F)(F)F)c1Br. The molecule has 1 aromatic rings. The van der Waals surface area contributed by atoms with Gasteiger partial charge in [0.25, 0.3) is 0 Å². The number of hydrogen-bond donors (Lipinski definition) is 2. The fraction of sp³-hybridized carbons (Fsp3) is 0.333. The Morgan fingerprint density at radius 2 is 2.13 bits per heavy atom. The van der Waals surface area contributed by atoms with Crippen molar-refractivity contribution in [2.24, 2.45) is 5.84 Å². The van der Waals surface area contributed by atoms with Crippen LogP contribution in [0.25, 0.3) is 0 Å². The molecule has 9 heteroatoms. The van der Waals surface area contributed by atoms with Gasteiger partial charge in [-0.2, -0.15) is 13.2 Å². The number of ether oxygens (including phenoxy) is 1. The first-order valence-electron chi connectivity index (χ1n) is 3.60. The van der Waals surface area contributed by atoms with E-state index >= 15 is 0 Å². The van der Waals surface area contributed by atoms with Crippen molar-refractivity contribution in [1.29, 1.82) is 0 Å². The third kappa shape index (κ3) is 3.51. The molecule has 1 rings (SSSR count). The highest BCUT2D eigenvalue weighted by atomic mass is 79.9. The van der Waals surface area contributed by atoms with Crippen LogP contribution < -0.4 is 16.0 Å². The van der Waals surface area contributed by atoms with Gasteiger partial charge in [0.05, 0.1) is 0 Å². The first-order chi connectivity index (χ1) is 6.94. The highest BCUT2D eigenvalue weighted by Gasteiger charge is 2.29. The highest BCUT2D eigenvalue weighted by Crippen LogP contribution is 2.28. The van der Waals surface area contributed by atoms with Crippen LogP contribution in [0.4, 0.5) is 19.0 Å². The molecule has 0 amide bonds. The second-order valence-corrected chi connectivity index (χ2v) is 3.18. The molecule has 0 spiro atoms. The Morgan fingerprint density at radius 3 is 2.67 bits per heavy atom. The molecule has 0 aromatic carbocycles. The maximum Gasteiger partial charge on any atom is 0.422 e. The number of nitrogen functional groups attached to an aromatic ring is 1. The van der Waals surface area contributed by atoms with Gasteiger partial charge in [-0.15, -0.1) is 0 Å². The highest BCUT2D eigenvalue weighted by molar-refractivity contribution is 9.10. The van der Waals surface area contributed by atoms with E-state index in [9.17, 15) is 13.2 Å². The smallest absolute Gasteiger partial charge is 0.422 e. The molecule has 0 saturated carbocycles. The molecule has 1 aromatic heterocycles. The molecule has 0 unspecified atom stereocenters. The lowest BCUT2D eigenvalue weighted by atomic mass is 10.5. The fourth-order valence-electron chi connectivity index (χ4n) is 0.705. The quantitative estimate of drug-likeness (QED) is 0.650. The van der Waals surface area contributed by atoms with Crippen LogP contribution in [-0.2, 0) is 0 Å². The first-order valence-corrected chi connectivity index (χ1v) is 4.40.